The average molecular weight is 274 g/mol. The van der Waals surface area contributed by atoms with Gasteiger partial charge >= 0.3 is 5.97 Å². The molecule has 0 saturated carbocycles. The summed E-state index contributed by atoms with van der Waals surface area (Å²) in [4.78, 5) is 11.7. The standard InChI is InChI=1S/C12H16ClNO4/c1-3-16-12(15)7-4-9(18-6(7)2)11-10(13)8(14)5-17-11/h4,8,10-11H,3,5,14H2,1-2H3/t8-,10+,11-/m1/s1. The number of nitrogens with two attached hydrogens (primary N) is 1. The van der Waals surface area contributed by atoms with Crippen LogP contribution in [0.5, 0.6) is 0 Å². The minimum absolute atomic E-state index is 0.229. The molecule has 0 aliphatic carbocycles. The van der Waals surface area contributed by atoms with Gasteiger partial charge < -0.3 is 19.6 Å². The second-order valence-corrected chi connectivity index (χ2v) is 4.71. The second kappa shape index (κ2) is 5.30. The van der Waals surface area contributed by atoms with Gasteiger partial charge in [-0.25, -0.2) is 4.79 Å². The molecule has 18 heavy (non-hydrogen) atoms. The molecule has 1 saturated heterocycles. The highest BCUT2D eigenvalue weighted by atomic mass is 35.5. The highest BCUT2D eigenvalue weighted by molar-refractivity contribution is 6.21. The Morgan fingerprint density at radius 1 is 1.67 bits per heavy atom. The molecule has 0 unspecified atom stereocenters. The predicted molar refractivity (Wildman–Crippen MR) is 65.7 cm³/mol. The van der Waals surface area contributed by atoms with E-state index in [9.17, 15) is 4.79 Å². The molecule has 1 aromatic heterocycles. The molecule has 0 bridgehead atoms. The zero-order valence-corrected chi connectivity index (χ0v) is 11.1. The monoisotopic (exact) mass is 273 g/mol. The zero-order valence-electron chi connectivity index (χ0n) is 10.3. The lowest BCUT2D eigenvalue weighted by Crippen LogP contribution is -2.29. The molecule has 0 spiro atoms. The van der Waals surface area contributed by atoms with Crippen molar-refractivity contribution >= 4 is 17.6 Å². The summed E-state index contributed by atoms with van der Waals surface area (Å²) < 4.78 is 15.9. The summed E-state index contributed by atoms with van der Waals surface area (Å²) in [5, 5.41) is -0.356. The summed E-state index contributed by atoms with van der Waals surface area (Å²) in [7, 11) is 0. The van der Waals surface area contributed by atoms with Gasteiger partial charge in [0.2, 0.25) is 0 Å². The highest BCUT2D eigenvalue weighted by Crippen LogP contribution is 2.34. The number of furan rings is 1. The Bertz CT molecular complexity index is 445. The first-order valence-electron chi connectivity index (χ1n) is 5.83. The molecule has 5 nitrogen and oxygen atoms in total. The molecule has 1 aliphatic heterocycles. The van der Waals surface area contributed by atoms with E-state index in [1.807, 2.05) is 0 Å². The third-order valence-corrected chi connectivity index (χ3v) is 3.43. The van der Waals surface area contributed by atoms with Gasteiger partial charge in [-0.3, -0.25) is 0 Å². The molecule has 6 heteroatoms. The van der Waals surface area contributed by atoms with Crippen LogP contribution in [-0.4, -0.2) is 30.6 Å². The van der Waals surface area contributed by atoms with E-state index in [4.69, 9.17) is 31.2 Å². The van der Waals surface area contributed by atoms with E-state index in [0.29, 0.717) is 30.3 Å². The average Bonchev–Trinajstić information content (AvgIpc) is 2.85. The van der Waals surface area contributed by atoms with Crippen LogP contribution < -0.4 is 5.73 Å². The lowest BCUT2D eigenvalue weighted by molar-refractivity contribution is 0.0524. The Hall–Kier alpha value is -1.04. The fourth-order valence-electron chi connectivity index (χ4n) is 1.92. The molecular weight excluding hydrogens is 258 g/mol. The van der Waals surface area contributed by atoms with Gasteiger partial charge in [0, 0.05) is 6.04 Å². The van der Waals surface area contributed by atoms with Gasteiger partial charge in [0.05, 0.1) is 18.6 Å². The van der Waals surface area contributed by atoms with Crippen molar-refractivity contribution in [3.63, 3.8) is 0 Å². The van der Waals surface area contributed by atoms with Crippen molar-refractivity contribution in [3.05, 3.63) is 23.2 Å². The second-order valence-electron chi connectivity index (χ2n) is 4.20. The third kappa shape index (κ3) is 2.39. The smallest absolute Gasteiger partial charge is 0.341 e. The van der Waals surface area contributed by atoms with Gasteiger partial charge in [0.1, 0.15) is 23.2 Å². The van der Waals surface area contributed by atoms with Gasteiger partial charge in [-0.1, -0.05) is 0 Å². The number of alkyl halides is 1. The van der Waals surface area contributed by atoms with E-state index in [1.54, 1.807) is 19.9 Å². The van der Waals surface area contributed by atoms with E-state index in [0.717, 1.165) is 0 Å². The maximum absolute atomic E-state index is 11.7. The number of rotatable bonds is 3. The van der Waals surface area contributed by atoms with Gasteiger partial charge in [-0.05, 0) is 19.9 Å². The Balaban J connectivity index is 2.21. The van der Waals surface area contributed by atoms with Crippen LogP contribution in [0.15, 0.2) is 10.5 Å². The number of esters is 1. The molecule has 1 aliphatic rings. The Kier molecular flexibility index (Phi) is 3.94. The maximum Gasteiger partial charge on any atom is 0.341 e. The topological polar surface area (TPSA) is 74.7 Å². The number of hydrogen-bond donors (Lipinski definition) is 1. The first-order chi connectivity index (χ1) is 8.54. The SMILES string of the molecule is CCOC(=O)c1cc([C@H]2OC[C@@H](N)[C@@H]2Cl)oc1C. The summed E-state index contributed by atoms with van der Waals surface area (Å²) in [6, 6.07) is 1.39. The van der Waals surface area contributed by atoms with Crippen LogP contribution in [-0.2, 0) is 9.47 Å². The lowest BCUT2D eigenvalue weighted by Gasteiger charge is -2.11. The summed E-state index contributed by atoms with van der Waals surface area (Å²) in [5.41, 5.74) is 6.17. The minimum atomic E-state index is -0.413. The molecule has 0 aromatic carbocycles. The fraction of sp³-hybridized carbons (Fsp3) is 0.583. The molecule has 1 fully saturated rings. The van der Waals surface area contributed by atoms with Crippen LogP contribution in [0.1, 0.15) is 34.9 Å². The Morgan fingerprint density at radius 2 is 2.39 bits per heavy atom. The van der Waals surface area contributed by atoms with Crippen molar-refractivity contribution in [2.24, 2.45) is 5.73 Å². The fourth-order valence-corrected chi connectivity index (χ4v) is 2.19. The Labute approximate surface area is 110 Å². The third-order valence-electron chi connectivity index (χ3n) is 2.88. The molecular formula is C12H16ClNO4. The quantitative estimate of drug-likeness (QED) is 0.671. The number of halogens is 1. The van der Waals surface area contributed by atoms with Crippen molar-refractivity contribution in [3.8, 4) is 0 Å². The predicted octanol–water partition coefficient (Wildman–Crippen LogP) is 1.77. The van der Waals surface area contributed by atoms with Crippen molar-refractivity contribution < 1.29 is 18.7 Å². The summed E-state index contributed by atoms with van der Waals surface area (Å²) in [5.74, 6) is 0.610. The first-order valence-corrected chi connectivity index (χ1v) is 6.27. The van der Waals surface area contributed by atoms with E-state index >= 15 is 0 Å². The maximum atomic E-state index is 11.7. The normalized spacial score (nSPS) is 27.4. The van der Waals surface area contributed by atoms with Crippen LogP contribution in [0.4, 0.5) is 0 Å². The van der Waals surface area contributed by atoms with E-state index < -0.39 is 12.1 Å². The van der Waals surface area contributed by atoms with Crippen molar-refractivity contribution in [2.75, 3.05) is 13.2 Å². The molecule has 2 heterocycles. The van der Waals surface area contributed by atoms with Crippen LogP contribution >= 0.6 is 11.6 Å². The van der Waals surface area contributed by atoms with Crippen LogP contribution in [0.25, 0.3) is 0 Å². The number of ether oxygens (including phenoxy) is 2. The van der Waals surface area contributed by atoms with Gasteiger partial charge in [0.15, 0.2) is 0 Å². The van der Waals surface area contributed by atoms with Crippen LogP contribution in [0.2, 0.25) is 0 Å². The van der Waals surface area contributed by atoms with Crippen molar-refractivity contribution in [2.45, 2.75) is 31.4 Å². The zero-order chi connectivity index (χ0) is 13.3. The summed E-state index contributed by atoms with van der Waals surface area (Å²) in [6.45, 7) is 4.16. The summed E-state index contributed by atoms with van der Waals surface area (Å²) in [6.07, 6.45) is -0.413. The minimum Gasteiger partial charge on any atom is -0.463 e. The lowest BCUT2D eigenvalue weighted by atomic mass is 10.1. The molecule has 1 aromatic rings. The number of carbonyl (C=O) groups is 1. The van der Waals surface area contributed by atoms with Gasteiger partial charge in [0.25, 0.3) is 0 Å². The largest absolute Gasteiger partial charge is 0.463 e. The highest BCUT2D eigenvalue weighted by Gasteiger charge is 2.37. The van der Waals surface area contributed by atoms with Crippen LogP contribution in [0, 0.1) is 6.92 Å². The molecule has 0 radical (unpaired) electrons. The molecule has 100 valence electrons. The molecule has 2 rings (SSSR count). The van der Waals surface area contributed by atoms with Gasteiger partial charge in [-0.15, -0.1) is 11.6 Å². The molecule has 2 N–H and O–H groups in total. The van der Waals surface area contributed by atoms with Crippen molar-refractivity contribution in [1.82, 2.24) is 0 Å². The Morgan fingerprint density at radius 3 is 2.94 bits per heavy atom. The number of carbonyl (C=O) groups excluding carboxylic acids is 1. The van der Waals surface area contributed by atoms with Gasteiger partial charge in [-0.2, -0.15) is 0 Å². The van der Waals surface area contributed by atoms with E-state index in [2.05, 4.69) is 0 Å². The van der Waals surface area contributed by atoms with Crippen LogP contribution in [0.3, 0.4) is 0 Å². The number of aryl methyl sites for hydroxylation is 1. The summed E-state index contributed by atoms with van der Waals surface area (Å²) >= 11 is 6.14. The first kappa shape index (κ1) is 13.4. The molecule has 0 amide bonds. The number of hydrogen-bond acceptors (Lipinski definition) is 5. The van der Waals surface area contributed by atoms with Crippen molar-refractivity contribution in [1.29, 1.82) is 0 Å². The van der Waals surface area contributed by atoms with E-state index in [1.165, 1.54) is 0 Å². The molecule has 3 atom stereocenters. The van der Waals surface area contributed by atoms with E-state index in [-0.39, 0.29) is 11.4 Å².